The van der Waals surface area contributed by atoms with Crippen LogP contribution in [0.3, 0.4) is 0 Å². The molecule has 0 saturated carbocycles. The van der Waals surface area contributed by atoms with E-state index in [-0.39, 0.29) is 6.15 Å². The van der Waals surface area contributed by atoms with Crippen LogP contribution in [0, 0.1) is 0 Å². The first-order valence-corrected chi connectivity index (χ1v) is 10.6. The average molecular weight is 418 g/mol. The van der Waals surface area contributed by atoms with E-state index in [1.54, 1.807) is 6.20 Å². The van der Waals surface area contributed by atoms with Gasteiger partial charge in [0.05, 0.1) is 0 Å². The van der Waals surface area contributed by atoms with Crippen molar-refractivity contribution in [2.75, 3.05) is 29.9 Å². The highest BCUT2D eigenvalue weighted by molar-refractivity contribution is 5.61. The minimum atomic E-state index is 0.250. The summed E-state index contributed by atoms with van der Waals surface area (Å²) in [6.45, 7) is 5.05. The summed E-state index contributed by atoms with van der Waals surface area (Å²) < 4.78 is 0. The fraction of sp³-hybridized carbons (Fsp3) is 0.333. The number of fused-ring (bicyclic) bond motifs is 1. The molecule has 3 heterocycles. The quantitative estimate of drug-likeness (QED) is 0.611. The third-order valence-corrected chi connectivity index (χ3v) is 5.21. The maximum absolute atomic E-state index is 8.12. The Hall–Kier alpha value is -3.57. The molecule has 1 aliphatic heterocycles. The van der Waals surface area contributed by atoms with Gasteiger partial charge in [-0.05, 0) is 42.5 Å². The monoisotopic (exact) mass is 417 g/mol. The van der Waals surface area contributed by atoms with Crippen molar-refractivity contribution >= 4 is 17.8 Å². The number of nitrogens with one attached hydrogen (secondary N) is 1. The van der Waals surface area contributed by atoms with E-state index in [0.29, 0.717) is 0 Å². The van der Waals surface area contributed by atoms with E-state index in [1.165, 1.54) is 11.1 Å². The zero-order chi connectivity index (χ0) is 21.9. The van der Waals surface area contributed by atoms with Gasteiger partial charge in [-0.15, -0.1) is 0 Å². The van der Waals surface area contributed by atoms with Crippen LogP contribution in [-0.4, -0.2) is 40.7 Å². The fourth-order valence-corrected chi connectivity index (χ4v) is 3.60. The Morgan fingerprint density at radius 2 is 1.74 bits per heavy atom. The van der Waals surface area contributed by atoms with Crippen LogP contribution in [0.25, 0.3) is 11.4 Å². The number of aromatic nitrogens is 3. The lowest BCUT2D eigenvalue weighted by Crippen LogP contribution is -2.27. The number of pyridine rings is 1. The first-order chi connectivity index (χ1) is 15.2. The molecule has 4 rings (SSSR count). The number of hydrogen-bond acceptors (Lipinski definition) is 7. The lowest BCUT2D eigenvalue weighted by atomic mass is 10.0. The summed E-state index contributed by atoms with van der Waals surface area (Å²) in [5.41, 5.74) is 3.85. The maximum atomic E-state index is 8.12. The van der Waals surface area contributed by atoms with Crippen LogP contribution >= 0.6 is 0 Å². The van der Waals surface area contributed by atoms with Gasteiger partial charge in [0, 0.05) is 43.7 Å². The van der Waals surface area contributed by atoms with Gasteiger partial charge >= 0.3 is 6.15 Å². The highest BCUT2D eigenvalue weighted by Gasteiger charge is 2.17. The molecule has 1 aliphatic rings. The number of nitrogens with zero attached hydrogens (tertiary/aromatic N) is 4. The maximum Gasteiger partial charge on any atom is 0.373 e. The Balaban J connectivity index is 0.000000858. The minimum absolute atomic E-state index is 0.250. The van der Waals surface area contributed by atoms with E-state index in [1.807, 2.05) is 18.3 Å². The number of unbranched alkanes of at least 4 members (excludes halogenated alkanes) is 1. The summed E-state index contributed by atoms with van der Waals surface area (Å²) in [6, 6.07) is 14.8. The van der Waals surface area contributed by atoms with Crippen LogP contribution in [0.15, 0.2) is 54.9 Å². The molecule has 1 aromatic carbocycles. The second-order valence-corrected chi connectivity index (χ2v) is 7.30. The van der Waals surface area contributed by atoms with Crippen LogP contribution in [-0.2, 0) is 22.4 Å². The third kappa shape index (κ3) is 6.20. The standard InChI is InChI=1S/C23H27N5.CO2/c1-2-3-13-25-21-16-22(27-23(26-21)20-9-6-12-24-17-20)28-14-10-18-7-4-5-8-19(18)11-15-28;2-1-3/h4-9,12,16-17H,2-3,10-11,13-15H2,1H3,(H,25,26,27);. The molecule has 0 radical (unpaired) electrons. The molecule has 0 fully saturated rings. The summed E-state index contributed by atoms with van der Waals surface area (Å²) in [5.74, 6) is 2.60. The minimum Gasteiger partial charge on any atom is -0.370 e. The molecular formula is C24H27N5O2. The lowest BCUT2D eigenvalue weighted by molar-refractivity contribution is -0.191. The molecule has 160 valence electrons. The molecule has 0 aliphatic carbocycles. The van der Waals surface area contributed by atoms with Gasteiger partial charge in [0.2, 0.25) is 0 Å². The molecule has 3 aromatic rings. The predicted octanol–water partition coefficient (Wildman–Crippen LogP) is 3.77. The number of anilines is 2. The van der Waals surface area contributed by atoms with Crippen molar-refractivity contribution in [1.29, 1.82) is 0 Å². The number of hydrogen-bond donors (Lipinski definition) is 1. The smallest absolute Gasteiger partial charge is 0.370 e. The molecule has 2 aromatic heterocycles. The SMILES string of the molecule is CCCCNc1cc(N2CCc3ccccc3CC2)nc(-c2cccnc2)n1.O=C=O. The highest BCUT2D eigenvalue weighted by Crippen LogP contribution is 2.25. The van der Waals surface area contributed by atoms with Crippen LogP contribution < -0.4 is 10.2 Å². The number of carbonyl (C=O) groups excluding carboxylic acids is 2. The van der Waals surface area contributed by atoms with Gasteiger partial charge in [0.15, 0.2) is 5.82 Å². The zero-order valence-corrected chi connectivity index (χ0v) is 17.8. The Morgan fingerprint density at radius 1 is 1.03 bits per heavy atom. The Labute approximate surface area is 182 Å². The van der Waals surface area contributed by atoms with E-state index in [2.05, 4.69) is 52.5 Å². The van der Waals surface area contributed by atoms with Crippen molar-refractivity contribution in [3.8, 4) is 11.4 Å². The van der Waals surface area contributed by atoms with Crippen molar-refractivity contribution in [2.45, 2.75) is 32.6 Å². The largest absolute Gasteiger partial charge is 0.373 e. The van der Waals surface area contributed by atoms with Crippen molar-refractivity contribution in [2.24, 2.45) is 0 Å². The van der Waals surface area contributed by atoms with Crippen molar-refractivity contribution in [3.05, 3.63) is 66.0 Å². The molecule has 7 nitrogen and oxygen atoms in total. The normalized spacial score (nSPS) is 12.6. The van der Waals surface area contributed by atoms with Gasteiger partial charge in [-0.1, -0.05) is 37.6 Å². The second-order valence-electron chi connectivity index (χ2n) is 7.30. The van der Waals surface area contributed by atoms with Gasteiger partial charge < -0.3 is 10.2 Å². The lowest BCUT2D eigenvalue weighted by Gasteiger charge is -2.22. The molecule has 31 heavy (non-hydrogen) atoms. The summed E-state index contributed by atoms with van der Waals surface area (Å²) in [4.78, 5) is 32.5. The molecule has 0 atom stereocenters. The Morgan fingerprint density at radius 3 is 2.35 bits per heavy atom. The van der Waals surface area contributed by atoms with Gasteiger partial charge in [-0.3, -0.25) is 4.98 Å². The molecule has 1 N–H and O–H groups in total. The summed E-state index contributed by atoms with van der Waals surface area (Å²) in [7, 11) is 0. The van der Waals surface area contributed by atoms with Crippen LogP contribution in [0.2, 0.25) is 0 Å². The van der Waals surface area contributed by atoms with Crippen LogP contribution in [0.4, 0.5) is 11.6 Å². The Bertz CT molecular complexity index is 977. The topological polar surface area (TPSA) is 88.1 Å². The molecule has 0 saturated heterocycles. The van der Waals surface area contributed by atoms with E-state index in [4.69, 9.17) is 19.6 Å². The predicted molar refractivity (Wildman–Crippen MR) is 120 cm³/mol. The highest BCUT2D eigenvalue weighted by atomic mass is 16.2. The average Bonchev–Trinajstić information content (AvgIpc) is 3.03. The van der Waals surface area contributed by atoms with Gasteiger partial charge in [-0.25, -0.2) is 9.97 Å². The first-order valence-electron chi connectivity index (χ1n) is 10.6. The number of rotatable bonds is 6. The van der Waals surface area contributed by atoms with E-state index in [0.717, 1.165) is 68.3 Å². The van der Waals surface area contributed by atoms with Crippen molar-refractivity contribution < 1.29 is 9.59 Å². The van der Waals surface area contributed by atoms with Crippen molar-refractivity contribution in [3.63, 3.8) is 0 Å². The molecule has 0 bridgehead atoms. The third-order valence-electron chi connectivity index (χ3n) is 5.21. The fourth-order valence-electron chi connectivity index (χ4n) is 3.60. The summed E-state index contributed by atoms with van der Waals surface area (Å²) in [5, 5.41) is 3.47. The second kappa shape index (κ2) is 11.6. The summed E-state index contributed by atoms with van der Waals surface area (Å²) in [6.07, 6.45) is 8.22. The number of benzene rings is 1. The van der Waals surface area contributed by atoms with Crippen molar-refractivity contribution in [1.82, 2.24) is 15.0 Å². The Kier molecular flexibility index (Phi) is 8.26. The molecule has 7 heteroatoms. The zero-order valence-electron chi connectivity index (χ0n) is 17.8. The van der Waals surface area contributed by atoms with Gasteiger partial charge in [0.25, 0.3) is 0 Å². The summed E-state index contributed by atoms with van der Waals surface area (Å²) >= 11 is 0. The van der Waals surface area contributed by atoms with Gasteiger partial charge in [-0.2, -0.15) is 9.59 Å². The molecule has 0 unspecified atom stereocenters. The molecule has 0 spiro atoms. The molecule has 0 amide bonds. The van der Waals surface area contributed by atoms with Crippen LogP contribution in [0.1, 0.15) is 30.9 Å². The van der Waals surface area contributed by atoms with Gasteiger partial charge in [0.1, 0.15) is 11.6 Å². The van der Waals surface area contributed by atoms with E-state index < -0.39 is 0 Å². The van der Waals surface area contributed by atoms with E-state index in [9.17, 15) is 0 Å². The first kappa shape index (κ1) is 22.1. The van der Waals surface area contributed by atoms with Crippen LogP contribution in [0.5, 0.6) is 0 Å². The van der Waals surface area contributed by atoms with E-state index >= 15 is 0 Å². The molecular weight excluding hydrogens is 390 g/mol.